The summed E-state index contributed by atoms with van der Waals surface area (Å²) in [6.45, 7) is 0. The number of hydrogen-bond donors (Lipinski definition) is 3. The molecule has 5 nitrogen and oxygen atoms in total. The molecule has 1 heterocycles. The third kappa shape index (κ3) is 1.47. The molecule has 6 heteroatoms. The fourth-order valence-electron chi connectivity index (χ4n) is 1.27. The number of rotatable bonds is 2. The Bertz CT molecular complexity index is 475. The molecule has 14 heavy (non-hydrogen) atoms. The molecule has 0 aliphatic heterocycles. The number of aromatic nitrogens is 1. The SMILES string of the molecule is NOP(=O)(O)c1cc2ccccc2[nH]1. The van der Waals surface area contributed by atoms with Crippen LogP contribution in [0.5, 0.6) is 0 Å². The predicted octanol–water partition coefficient (Wildman–Crippen LogP) is 0.869. The van der Waals surface area contributed by atoms with Crippen LogP contribution in [-0.4, -0.2) is 9.88 Å². The van der Waals surface area contributed by atoms with Gasteiger partial charge in [0, 0.05) is 10.9 Å². The van der Waals surface area contributed by atoms with E-state index in [2.05, 4.69) is 9.61 Å². The number of aromatic amines is 1. The van der Waals surface area contributed by atoms with E-state index >= 15 is 0 Å². The molecule has 0 aliphatic rings. The van der Waals surface area contributed by atoms with Gasteiger partial charge in [0.2, 0.25) is 0 Å². The summed E-state index contributed by atoms with van der Waals surface area (Å²) >= 11 is 0. The van der Waals surface area contributed by atoms with Crippen LogP contribution in [0.25, 0.3) is 10.9 Å². The van der Waals surface area contributed by atoms with E-state index in [9.17, 15) is 9.46 Å². The largest absolute Gasteiger partial charge is 0.390 e. The van der Waals surface area contributed by atoms with Crippen LogP contribution in [0, 0.1) is 0 Å². The van der Waals surface area contributed by atoms with Gasteiger partial charge in [0.15, 0.2) is 0 Å². The van der Waals surface area contributed by atoms with Crippen molar-refractivity contribution in [2.75, 3.05) is 0 Å². The molecular weight excluding hydrogens is 203 g/mol. The van der Waals surface area contributed by atoms with E-state index < -0.39 is 7.60 Å². The average molecular weight is 212 g/mol. The summed E-state index contributed by atoms with van der Waals surface area (Å²) in [5.41, 5.74) is 0.870. The molecule has 0 spiro atoms. The topological polar surface area (TPSA) is 88.3 Å². The van der Waals surface area contributed by atoms with Crippen molar-refractivity contribution in [2.24, 2.45) is 5.90 Å². The van der Waals surface area contributed by atoms with Crippen LogP contribution in [0.2, 0.25) is 0 Å². The van der Waals surface area contributed by atoms with E-state index in [4.69, 9.17) is 5.90 Å². The lowest BCUT2D eigenvalue weighted by molar-refractivity contribution is 0.278. The lowest BCUT2D eigenvalue weighted by Crippen LogP contribution is -2.10. The van der Waals surface area contributed by atoms with Crippen molar-refractivity contribution in [1.29, 1.82) is 0 Å². The van der Waals surface area contributed by atoms with Gasteiger partial charge in [-0.25, -0.2) is 10.5 Å². The third-order valence-electron chi connectivity index (χ3n) is 1.96. The standard InChI is InChI=1S/C8H9N2O3P/c9-13-14(11,12)8-5-6-3-1-2-4-7(6)10-8/h1-5,10H,9H2,(H,11,12). The van der Waals surface area contributed by atoms with Gasteiger partial charge in [0.1, 0.15) is 5.44 Å². The van der Waals surface area contributed by atoms with E-state index in [0.717, 1.165) is 10.9 Å². The minimum absolute atomic E-state index is 0.0983. The summed E-state index contributed by atoms with van der Waals surface area (Å²) in [7, 11) is -3.88. The first-order chi connectivity index (χ1) is 6.63. The summed E-state index contributed by atoms with van der Waals surface area (Å²) in [5.74, 6) is 4.73. The third-order valence-corrected chi connectivity index (χ3v) is 3.10. The fourth-order valence-corrected chi connectivity index (χ4v) is 1.94. The first kappa shape index (κ1) is 9.43. The molecule has 1 unspecified atom stereocenters. The number of nitrogens with one attached hydrogen (secondary N) is 1. The molecule has 0 fully saturated rings. The summed E-state index contributed by atoms with van der Waals surface area (Å²) in [4.78, 5) is 12.0. The Morgan fingerprint density at radius 1 is 1.43 bits per heavy atom. The number of benzene rings is 1. The molecule has 74 valence electrons. The normalized spacial score (nSPS) is 15.6. The van der Waals surface area contributed by atoms with Crippen LogP contribution in [0.4, 0.5) is 0 Å². The van der Waals surface area contributed by atoms with Crippen LogP contribution in [0.3, 0.4) is 0 Å². The minimum Gasteiger partial charge on any atom is -0.348 e. The van der Waals surface area contributed by atoms with Crippen LogP contribution in [0.15, 0.2) is 30.3 Å². The highest BCUT2D eigenvalue weighted by Gasteiger charge is 2.23. The zero-order chi connectivity index (χ0) is 10.2. The number of para-hydroxylation sites is 1. The van der Waals surface area contributed by atoms with Gasteiger partial charge in [-0.05, 0) is 12.1 Å². The Labute approximate surface area is 80.0 Å². The van der Waals surface area contributed by atoms with Crippen molar-refractivity contribution >= 4 is 23.9 Å². The first-order valence-electron chi connectivity index (χ1n) is 3.93. The highest BCUT2D eigenvalue weighted by atomic mass is 31.2. The van der Waals surface area contributed by atoms with E-state index in [-0.39, 0.29) is 5.44 Å². The number of H-pyrrole nitrogens is 1. The maximum Gasteiger partial charge on any atom is 0.390 e. The average Bonchev–Trinajstić information content (AvgIpc) is 2.61. The summed E-state index contributed by atoms with van der Waals surface area (Å²) in [5, 5.41) is 0.842. The van der Waals surface area contributed by atoms with Gasteiger partial charge in [0.05, 0.1) is 0 Å². The van der Waals surface area contributed by atoms with Gasteiger partial charge < -0.3 is 9.88 Å². The molecule has 0 radical (unpaired) electrons. The fraction of sp³-hybridized carbons (Fsp3) is 0. The van der Waals surface area contributed by atoms with Gasteiger partial charge in [-0.1, -0.05) is 18.2 Å². The van der Waals surface area contributed by atoms with Crippen molar-refractivity contribution < 1.29 is 14.1 Å². The molecule has 0 aliphatic carbocycles. The van der Waals surface area contributed by atoms with E-state index in [1.54, 1.807) is 12.1 Å². The number of fused-ring (bicyclic) bond motifs is 1. The van der Waals surface area contributed by atoms with Crippen molar-refractivity contribution in [2.45, 2.75) is 0 Å². The van der Waals surface area contributed by atoms with Crippen LogP contribution < -0.4 is 11.3 Å². The van der Waals surface area contributed by atoms with Crippen LogP contribution in [0.1, 0.15) is 0 Å². The Kier molecular flexibility index (Phi) is 2.17. The van der Waals surface area contributed by atoms with E-state index in [1.165, 1.54) is 0 Å². The lowest BCUT2D eigenvalue weighted by atomic mass is 10.3. The second kappa shape index (κ2) is 3.22. The van der Waals surface area contributed by atoms with Gasteiger partial charge >= 0.3 is 7.60 Å². The summed E-state index contributed by atoms with van der Waals surface area (Å²) < 4.78 is 15.4. The molecule has 1 aromatic heterocycles. The van der Waals surface area contributed by atoms with Gasteiger partial charge in [-0.15, -0.1) is 0 Å². The molecule has 1 aromatic carbocycles. The second-order valence-corrected chi connectivity index (χ2v) is 4.60. The maximum atomic E-state index is 11.3. The van der Waals surface area contributed by atoms with Crippen molar-refractivity contribution in [3.63, 3.8) is 0 Å². The van der Waals surface area contributed by atoms with Crippen molar-refractivity contribution in [3.8, 4) is 0 Å². The Morgan fingerprint density at radius 2 is 2.14 bits per heavy atom. The monoisotopic (exact) mass is 212 g/mol. The quantitative estimate of drug-likeness (QED) is 0.509. The summed E-state index contributed by atoms with van der Waals surface area (Å²) in [6, 6.07) is 8.84. The molecule has 2 aromatic rings. The maximum absolute atomic E-state index is 11.3. The highest BCUT2D eigenvalue weighted by molar-refractivity contribution is 7.60. The molecule has 0 saturated carbocycles. The van der Waals surface area contributed by atoms with Crippen LogP contribution >= 0.6 is 7.60 Å². The molecule has 0 saturated heterocycles. The Hall–Kier alpha value is -1.13. The van der Waals surface area contributed by atoms with Crippen molar-refractivity contribution in [1.82, 2.24) is 4.98 Å². The molecule has 2 rings (SSSR count). The molecule has 0 amide bonds. The molecule has 0 bridgehead atoms. The number of nitrogens with two attached hydrogens (primary N) is 1. The zero-order valence-corrected chi connectivity index (χ0v) is 8.07. The minimum atomic E-state index is -3.88. The highest BCUT2D eigenvalue weighted by Crippen LogP contribution is 2.38. The molecular formula is C8H9N2O3P. The lowest BCUT2D eigenvalue weighted by Gasteiger charge is -2.03. The van der Waals surface area contributed by atoms with E-state index in [1.807, 2.05) is 18.2 Å². The zero-order valence-electron chi connectivity index (χ0n) is 7.18. The first-order valence-corrected chi connectivity index (χ1v) is 5.51. The van der Waals surface area contributed by atoms with Crippen LogP contribution in [-0.2, 0) is 9.19 Å². The predicted molar refractivity (Wildman–Crippen MR) is 53.0 cm³/mol. The van der Waals surface area contributed by atoms with E-state index in [0.29, 0.717) is 0 Å². The second-order valence-electron chi connectivity index (χ2n) is 2.87. The van der Waals surface area contributed by atoms with Crippen molar-refractivity contribution in [3.05, 3.63) is 30.3 Å². The van der Waals surface area contributed by atoms with Gasteiger partial charge in [-0.3, -0.25) is 4.57 Å². The Balaban J connectivity index is 2.61. The summed E-state index contributed by atoms with van der Waals surface area (Å²) in [6.07, 6.45) is 0. The Morgan fingerprint density at radius 3 is 2.79 bits per heavy atom. The number of hydrogen-bond acceptors (Lipinski definition) is 3. The van der Waals surface area contributed by atoms with Gasteiger partial charge in [0.25, 0.3) is 0 Å². The molecule has 4 N–H and O–H groups in total. The van der Waals surface area contributed by atoms with Gasteiger partial charge in [-0.2, -0.15) is 0 Å². The molecule has 1 atom stereocenters. The smallest absolute Gasteiger partial charge is 0.348 e.